The van der Waals surface area contributed by atoms with Crippen LogP contribution in [0.1, 0.15) is 48.7 Å². The highest BCUT2D eigenvalue weighted by molar-refractivity contribution is 6.32. The molecule has 0 saturated carbocycles. The molecule has 1 aromatic heterocycles. The molecule has 1 fully saturated rings. The zero-order chi connectivity index (χ0) is 22.5. The lowest BCUT2D eigenvalue weighted by Crippen LogP contribution is -2.39. The van der Waals surface area contributed by atoms with Crippen LogP contribution in [0, 0.1) is 6.92 Å². The Bertz CT molecular complexity index is 1060. The van der Waals surface area contributed by atoms with Gasteiger partial charge in [0.15, 0.2) is 0 Å². The van der Waals surface area contributed by atoms with Crippen LogP contribution in [-0.4, -0.2) is 41.1 Å². The van der Waals surface area contributed by atoms with Gasteiger partial charge in [0.2, 0.25) is 0 Å². The van der Waals surface area contributed by atoms with E-state index in [1.807, 2.05) is 55.5 Å². The summed E-state index contributed by atoms with van der Waals surface area (Å²) in [5, 5.41) is 3.80. The Morgan fingerprint density at radius 2 is 1.84 bits per heavy atom. The minimum absolute atomic E-state index is 0.0304. The zero-order valence-electron chi connectivity index (χ0n) is 19.0. The number of hydrogen-bond acceptors (Lipinski definition) is 2. The quantitative estimate of drug-likeness (QED) is 0.442. The molecule has 1 aliphatic heterocycles. The van der Waals surface area contributed by atoms with Crippen LogP contribution >= 0.6 is 11.6 Å². The van der Waals surface area contributed by atoms with E-state index >= 15 is 0 Å². The second-order valence-corrected chi connectivity index (χ2v) is 9.08. The van der Waals surface area contributed by atoms with Crippen molar-refractivity contribution >= 4 is 17.5 Å². The predicted octanol–water partition coefficient (Wildman–Crippen LogP) is 6.10. The molecule has 0 spiro atoms. The molecule has 1 unspecified atom stereocenters. The Hall–Kier alpha value is -2.56. The molecular formula is C27H32ClN3O. The van der Waals surface area contributed by atoms with E-state index in [4.69, 9.17) is 11.6 Å². The molecule has 32 heavy (non-hydrogen) atoms. The lowest BCUT2D eigenvalue weighted by Gasteiger charge is -2.33. The van der Waals surface area contributed by atoms with Gasteiger partial charge in [-0.25, -0.2) is 0 Å². The molecule has 3 aromatic rings. The van der Waals surface area contributed by atoms with Gasteiger partial charge < -0.3 is 14.8 Å². The molecule has 4 nitrogen and oxygen atoms in total. The number of aromatic nitrogens is 1. The highest BCUT2D eigenvalue weighted by Gasteiger charge is 2.21. The zero-order valence-corrected chi connectivity index (χ0v) is 19.7. The van der Waals surface area contributed by atoms with E-state index in [-0.39, 0.29) is 5.91 Å². The van der Waals surface area contributed by atoms with Gasteiger partial charge in [-0.1, -0.05) is 60.5 Å². The van der Waals surface area contributed by atoms with Gasteiger partial charge in [0.05, 0.1) is 22.0 Å². The summed E-state index contributed by atoms with van der Waals surface area (Å²) in [6.07, 6.45) is 4.86. The number of halogens is 1. The summed E-state index contributed by atoms with van der Waals surface area (Å²) in [5.41, 5.74) is 4.47. The summed E-state index contributed by atoms with van der Waals surface area (Å²) in [4.78, 5) is 15.7. The Morgan fingerprint density at radius 3 is 2.59 bits per heavy atom. The van der Waals surface area contributed by atoms with E-state index in [2.05, 4.69) is 33.8 Å². The normalized spacial score (nSPS) is 16.8. The minimum atomic E-state index is -0.0304. The van der Waals surface area contributed by atoms with Gasteiger partial charge in [0.25, 0.3) is 5.91 Å². The van der Waals surface area contributed by atoms with E-state index in [9.17, 15) is 4.79 Å². The van der Waals surface area contributed by atoms with E-state index in [0.29, 0.717) is 23.2 Å². The van der Waals surface area contributed by atoms with Crippen LogP contribution in [0.4, 0.5) is 0 Å². The smallest absolute Gasteiger partial charge is 0.253 e. The highest BCUT2D eigenvalue weighted by Crippen LogP contribution is 2.32. The van der Waals surface area contributed by atoms with Crippen molar-refractivity contribution in [1.29, 1.82) is 0 Å². The SMILES string of the molecule is Cc1c(C(=O)NCCCN2CCCCC2C)cc(-c2ccccc2)n1-c1ccccc1Cl. The molecular weight excluding hydrogens is 418 g/mol. The first-order chi connectivity index (χ1) is 15.6. The van der Waals surface area contributed by atoms with Gasteiger partial charge in [0.1, 0.15) is 0 Å². The monoisotopic (exact) mass is 449 g/mol. The number of carbonyl (C=O) groups excluding carboxylic acids is 1. The predicted molar refractivity (Wildman–Crippen MR) is 133 cm³/mol. The van der Waals surface area contributed by atoms with Gasteiger partial charge in [-0.2, -0.15) is 0 Å². The Labute approximate surface area is 196 Å². The third kappa shape index (κ3) is 4.92. The van der Waals surface area contributed by atoms with E-state index < -0.39 is 0 Å². The molecule has 1 saturated heterocycles. The lowest BCUT2D eigenvalue weighted by molar-refractivity contribution is 0.0948. The standard InChI is InChI=1S/C27H32ClN3O/c1-20-11-8-9-17-30(20)18-10-16-29-27(32)23-19-26(22-12-4-3-5-13-22)31(21(23)2)25-15-7-6-14-24(25)28/h3-7,12-15,19-20H,8-11,16-18H2,1-2H3,(H,29,32). The number of hydrogen-bond donors (Lipinski definition) is 1. The Kier molecular flexibility index (Phi) is 7.33. The number of amides is 1. The average Bonchev–Trinajstić information content (AvgIpc) is 3.15. The maximum Gasteiger partial charge on any atom is 0.253 e. The summed E-state index contributed by atoms with van der Waals surface area (Å²) in [6, 6.07) is 20.5. The Balaban J connectivity index is 1.54. The van der Waals surface area contributed by atoms with Crippen molar-refractivity contribution in [2.75, 3.05) is 19.6 Å². The largest absolute Gasteiger partial charge is 0.352 e. The maximum absolute atomic E-state index is 13.1. The molecule has 1 amide bonds. The number of likely N-dealkylation sites (tertiary alicyclic amines) is 1. The lowest BCUT2D eigenvalue weighted by atomic mass is 10.0. The third-order valence-corrected chi connectivity index (χ3v) is 6.82. The van der Waals surface area contributed by atoms with Crippen LogP contribution in [0.2, 0.25) is 5.02 Å². The van der Waals surface area contributed by atoms with Gasteiger partial charge in [0, 0.05) is 24.8 Å². The van der Waals surface area contributed by atoms with Crippen LogP contribution in [0.15, 0.2) is 60.7 Å². The highest BCUT2D eigenvalue weighted by atomic mass is 35.5. The van der Waals surface area contributed by atoms with Crippen LogP contribution in [0.25, 0.3) is 16.9 Å². The van der Waals surface area contributed by atoms with Crippen molar-refractivity contribution < 1.29 is 4.79 Å². The molecule has 2 aromatic carbocycles. The number of benzene rings is 2. The van der Waals surface area contributed by atoms with Crippen molar-refractivity contribution in [2.45, 2.75) is 45.6 Å². The molecule has 2 heterocycles. The molecule has 1 N–H and O–H groups in total. The first-order valence-corrected chi connectivity index (χ1v) is 12.0. The fraction of sp³-hybridized carbons (Fsp3) is 0.370. The van der Waals surface area contributed by atoms with E-state index in [0.717, 1.165) is 35.6 Å². The van der Waals surface area contributed by atoms with Gasteiger partial charge in [-0.3, -0.25) is 4.79 Å². The van der Waals surface area contributed by atoms with Crippen LogP contribution in [0.3, 0.4) is 0 Å². The van der Waals surface area contributed by atoms with E-state index in [1.54, 1.807) is 0 Å². The number of piperidine rings is 1. The Morgan fingerprint density at radius 1 is 1.09 bits per heavy atom. The minimum Gasteiger partial charge on any atom is -0.352 e. The van der Waals surface area contributed by atoms with Crippen molar-refractivity contribution in [2.24, 2.45) is 0 Å². The van der Waals surface area contributed by atoms with Gasteiger partial charge >= 0.3 is 0 Å². The summed E-state index contributed by atoms with van der Waals surface area (Å²) in [5.74, 6) is -0.0304. The molecule has 1 atom stereocenters. The fourth-order valence-corrected chi connectivity index (χ4v) is 4.89. The molecule has 5 heteroatoms. The second-order valence-electron chi connectivity index (χ2n) is 8.67. The number of nitrogens with one attached hydrogen (secondary N) is 1. The molecule has 0 aliphatic carbocycles. The number of para-hydroxylation sites is 1. The van der Waals surface area contributed by atoms with Gasteiger partial charge in [-0.05, 0) is 63.4 Å². The second kappa shape index (κ2) is 10.4. The summed E-state index contributed by atoms with van der Waals surface area (Å²) in [7, 11) is 0. The van der Waals surface area contributed by atoms with Gasteiger partial charge in [-0.15, -0.1) is 0 Å². The van der Waals surface area contributed by atoms with Crippen LogP contribution in [-0.2, 0) is 0 Å². The van der Waals surface area contributed by atoms with Crippen LogP contribution in [0.5, 0.6) is 0 Å². The fourth-order valence-electron chi connectivity index (χ4n) is 4.67. The first kappa shape index (κ1) is 22.6. The molecule has 4 rings (SSSR count). The maximum atomic E-state index is 13.1. The van der Waals surface area contributed by atoms with Crippen molar-refractivity contribution in [3.8, 4) is 16.9 Å². The molecule has 0 radical (unpaired) electrons. The summed E-state index contributed by atoms with van der Waals surface area (Å²) >= 11 is 6.54. The number of nitrogens with zero attached hydrogens (tertiary/aromatic N) is 2. The summed E-state index contributed by atoms with van der Waals surface area (Å²) < 4.78 is 2.09. The summed E-state index contributed by atoms with van der Waals surface area (Å²) in [6.45, 7) is 7.19. The topological polar surface area (TPSA) is 37.3 Å². The number of carbonyl (C=O) groups is 1. The average molecular weight is 450 g/mol. The van der Waals surface area contributed by atoms with Crippen molar-refractivity contribution in [1.82, 2.24) is 14.8 Å². The number of rotatable bonds is 7. The molecule has 168 valence electrons. The van der Waals surface area contributed by atoms with Crippen molar-refractivity contribution in [3.05, 3.63) is 76.9 Å². The first-order valence-electron chi connectivity index (χ1n) is 11.6. The molecule has 0 bridgehead atoms. The van der Waals surface area contributed by atoms with Crippen molar-refractivity contribution in [3.63, 3.8) is 0 Å². The molecule has 1 aliphatic rings. The van der Waals surface area contributed by atoms with E-state index in [1.165, 1.54) is 25.8 Å². The third-order valence-electron chi connectivity index (χ3n) is 6.50. The van der Waals surface area contributed by atoms with Crippen LogP contribution < -0.4 is 5.32 Å².